The van der Waals surface area contributed by atoms with E-state index in [4.69, 9.17) is 5.84 Å². The van der Waals surface area contributed by atoms with Gasteiger partial charge in [-0.3, -0.25) is 4.79 Å². The highest BCUT2D eigenvalue weighted by molar-refractivity contribution is 7.99. The molecule has 2 fully saturated rings. The molecule has 0 aliphatic heterocycles. The maximum absolute atomic E-state index is 12.0. The number of carbonyl (C=O) groups excluding carboxylic acids is 1. The van der Waals surface area contributed by atoms with Crippen molar-refractivity contribution in [3.05, 3.63) is 5.82 Å². The van der Waals surface area contributed by atoms with E-state index >= 15 is 0 Å². The number of aromatic nitrogens is 3. The van der Waals surface area contributed by atoms with Crippen molar-refractivity contribution in [2.75, 3.05) is 18.1 Å². The molecule has 6 nitrogen and oxygen atoms in total. The van der Waals surface area contributed by atoms with Crippen LogP contribution in [0.4, 0.5) is 0 Å². The van der Waals surface area contributed by atoms with E-state index in [0.717, 1.165) is 25.2 Å². The number of amides is 1. The number of thioether (sulfide) groups is 1. The zero-order chi connectivity index (χ0) is 16.8. The van der Waals surface area contributed by atoms with Crippen molar-refractivity contribution < 1.29 is 4.79 Å². The van der Waals surface area contributed by atoms with E-state index in [1.54, 1.807) is 4.68 Å². The molecule has 134 valence electrons. The van der Waals surface area contributed by atoms with Gasteiger partial charge < -0.3 is 11.2 Å². The summed E-state index contributed by atoms with van der Waals surface area (Å²) in [5.74, 6) is 8.52. The minimum atomic E-state index is 0.0628. The molecule has 2 aliphatic rings. The fraction of sp³-hybridized carbons (Fsp3) is 0.824. The Morgan fingerprint density at radius 3 is 2.46 bits per heavy atom. The molecule has 0 radical (unpaired) electrons. The largest absolute Gasteiger partial charge is 0.355 e. The monoisotopic (exact) mass is 351 g/mol. The van der Waals surface area contributed by atoms with Gasteiger partial charge in [-0.1, -0.05) is 50.3 Å². The Kier molecular flexibility index (Phi) is 6.40. The van der Waals surface area contributed by atoms with E-state index in [0.29, 0.717) is 22.7 Å². The Morgan fingerprint density at radius 1 is 1.08 bits per heavy atom. The molecule has 2 aliphatic carbocycles. The lowest BCUT2D eigenvalue weighted by atomic mass is 9.89. The molecule has 0 spiro atoms. The van der Waals surface area contributed by atoms with E-state index in [1.165, 1.54) is 63.1 Å². The van der Waals surface area contributed by atoms with E-state index in [-0.39, 0.29) is 5.91 Å². The van der Waals surface area contributed by atoms with Crippen LogP contribution < -0.4 is 11.2 Å². The van der Waals surface area contributed by atoms with Crippen LogP contribution in [0.2, 0.25) is 0 Å². The first-order valence-electron chi connectivity index (χ1n) is 9.34. The van der Waals surface area contributed by atoms with Crippen LogP contribution in [0.5, 0.6) is 0 Å². The molecule has 2 saturated carbocycles. The average Bonchev–Trinajstić information content (AvgIpc) is 3.00. The first-order valence-corrected chi connectivity index (χ1v) is 10.3. The molecular weight excluding hydrogens is 322 g/mol. The third-order valence-corrected chi connectivity index (χ3v) is 6.25. The van der Waals surface area contributed by atoms with Crippen LogP contribution in [0.25, 0.3) is 0 Å². The van der Waals surface area contributed by atoms with Gasteiger partial charge in [-0.05, 0) is 31.6 Å². The van der Waals surface area contributed by atoms with Gasteiger partial charge in [-0.15, -0.1) is 10.2 Å². The highest BCUT2D eigenvalue weighted by atomic mass is 32.2. The highest BCUT2D eigenvalue weighted by Gasteiger charge is 2.23. The Labute approximate surface area is 148 Å². The molecule has 0 aromatic carbocycles. The number of rotatable bonds is 6. The Morgan fingerprint density at radius 2 is 1.75 bits per heavy atom. The lowest BCUT2D eigenvalue weighted by molar-refractivity contribution is -0.118. The summed E-state index contributed by atoms with van der Waals surface area (Å²) in [7, 11) is 0. The molecule has 3 N–H and O–H groups in total. The van der Waals surface area contributed by atoms with Crippen molar-refractivity contribution in [1.29, 1.82) is 0 Å². The quantitative estimate of drug-likeness (QED) is 0.608. The van der Waals surface area contributed by atoms with Crippen molar-refractivity contribution in [2.45, 2.75) is 75.3 Å². The normalized spacial score (nSPS) is 20.2. The zero-order valence-electron chi connectivity index (χ0n) is 14.4. The molecule has 0 saturated heterocycles. The number of nitrogen functional groups attached to an aromatic ring is 1. The van der Waals surface area contributed by atoms with Crippen molar-refractivity contribution >= 4 is 17.7 Å². The maximum atomic E-state index is 12.0. The van der Waals surface area contributed by atoms with Gasteiger partial charge in [0.1, 0.15) is 0 Å². The Hall–Kier alpha value is -1.24. The second-order valence-electron chi connectivity index (χ2n) is 7.14. The van der Waals surface area contributed by atoms with Gasteiger partial charge in [0.15, 0.2) is 5.82 Å². The van der Waals surface area contributed by atoms with Crippen LogP contribution in [0.3, 0.4) is 0 Å². The smallest absolute Gasteiger partial charge is 0.230 e. The predicted octanol–water partition coefficient (Wildman–Crippen LogP) is 2.83. The van der Waals surface area contributed by atoms with Crippen molar-refractivity contribution in [3.63, 3.8) is 0 Å². The van der Waals surface area contributed by atoms with Gasteiger partial charge in [0, 0.05) is 12.5 Å². The first-order chi connectivity index (χ1) is 11.7. The van der Waals surface area contributed by atoms with E-state index in [9.17, 15) is 4.79 Å². The number of hydrogen-bond acceptors (Lipinski definition) is 5. The molecule has 24 heavy (non-hydrogen) atoms. The van der Waals surface area contributed by atoms with Gasteiger partial charge >= 0.3 is 0 Å². The highest BCUT2D eigenvalue weighted by Crippen LogP contribution is 2.32. The summed E-state index contributed by atoms with van der Waals surface area (Å²) in [6, 6.07) is 0. The number of nitrogens with two attached hydrogens (primary N) is 1. The summed E-state index contributed by atoms with van der Waals surface area (Å²) >= 11 is 1.38. The molecule has 0 atom stereocenters. The number of nitrogens with one attached hydrogen (secondary N) is 1. The molecule has 1 amide bonds. The van der Waals surface area contributed by atoms with Gasteiger partial charge in [0.2, 0.25) is 11.1 Å². The summed E-state index contributed by atoms with van der Waals surface area (Å²) in [5, 5.41) is 12.2. The zero-order valence-corrected chi connectivity index (χ0v) is 15.2. The maximum Gasteiger partial charge on any atom is 0.230 e. The van der Waals surface area contributed by atoms with Crippen LogP contribution >= 0.6 is 11.8 Å². The van der Waals surface area contributed by atoms with Crippen LogP contribution in [-0.2, 0) is 4.79 Å². The molecular formula is C17H29N5OS. The minimum Gasteiger partial charge on any atom is -0.355 e. The van der Waals surface area contributed by atoms with Crippen molar-refractivity contribution in [3.8, 4) is 0 Å². The molecule has 7 heteroatoms. The lowest BCUT2D eigenvalue weighted by Gasteiger charge is -2.21. The summed E-state index contributed by atoms with van der Waals surface area (Å²) in [5.41, 5.74) is 0. The SMILES string of the molecule is Nn1c(SCC(=O)NCC2CCCCC2)nnc1C1CCCCC1. The Balaban J connectivity index is 1.44. The number of nitrogens with zero attached hydrogens (tertiary/aromatic N) is 3. The molecule has 1 aromatic heterocycles. The molecule has 0 bridgehead atoms. The predicted molar refractivity (Wildman–Crippen MR) is 96.3 cm³/mol. The number of hydrogen-bond donors (Lipinski definition) is 2. The number of carbonyl (C=O) groups is 1. The summed E-state index contributed by atoms with van der Waals surface area (Å²) < 4.78 is 1.59. The van der Waals surface area contributed by atoms with Crippen LogP contribution in [0.1, 0.15) is 76.0 Å². The molecule has 1 heterocycles. The molecule has 1 aromatic rings. The van der Waals surface area contributed by atoms with Crippen LogP contribution in [0, 0.1) is 5.92 Å². The van der Waals surface area contributed by atoms with Gasteiger partial charge in [-0.25, -0.2) is 4.68 Å². The second kappa shape index (κ2) is 8.74. The van der Waals surface area contributed by atoms with Crippen molar-refractivity contribution in [2.24, 2.45) is 5.92 Å². The van der Waals surface area contributed by atoms with Crippen LogP contribution in [-0.4, -0.2) is 33.1 Å². The average molecular weight is 352 g/mol. The fourth-order valence-corrected chi connectivity index (χ4v) is 4.55. The standard InChI is InChI=1S/C17H29N5OS/c18-22-16(14-9-5-2-6-10-14)20-21-17(22)24-12-15(23)19-11-13-7-3-1-4-8-13/h13-14H,1-12,18H2,(H,19,23). The third kappa shape index (κ3) is 4.65. The minimum absolute atomic E-state index is 0.0628. The lowest BCUT2D eigenvalue weighted by Crippen LogP contribution is -2.31. The van der Waals surface area contributed by atoms with E-state index in [1.807, 2.05) is 0 Å². The van der Waals surface area contributed by atoms with E-state index in [2.05, 4.69) is 15.5 Å². The fourth-order valence-electron chi connectivity index (χ4n) is 3.86. The molecule has 3 rings (SSSR count). The molecule has 0 unspecified atom stereocenters. The van der Waals surface area contributed by atoms with Crippen LogP contribution in [0.15, 0.2) is 5.16 Å². The second-order valence-corrected chi connectivity index (χ2v) is 8.08. The van der Waals surface area contributed by atoms with Gasteiger partial charge in [0.25, 0.3) is 0 Å². The van der Waals surface area contributed by atoms with Gasteiger partial charge in [0.05, 0.1) is 5.75 Å². The summed E-state index contributed by atoms with van der Waals surface area (Å²) in [4.78, 5) is 12.0. The summed E-state index contributed by atoms with van der Waals surface area (Å²) in [6.45, 7) is 0.808. The van der Waals surface area contributed by atoms with Gasteiger partial charge in [-0.2, -0.15) is 0 Å². The van der Waals surface area contributed by atoms with E-state index < -0.39 is 0 Å². The first kappa shape index (κ1) is 17.6. The Bertz CT molecular complexity index is 535. The summed E-state index contributed by atoms with van der Waals surface area (Å²) in [6.07, 6.45) is 12.5. The topological polar surface area (TPSA) is 85.8 Å². The third-order valence-electron chi connectivity index (χ3n) is 5.31. The van der Waals surface area contributed by atoms with Crippen molar-refractivity contribution in [1.82, 2.24) is 20.2 Å².